The molecule has 1 N–H and O–H groups in total. The van der Waals surface area contributed by atoms with Gasteiger partial charge < -0.3 is 0 Å². The molecule has 3 rings (SSSR count). The van der Waals surface area contributed by atoms with Crippen LogP contribution in [0.15, 0.2) is 12.2 Å². The van der Waals surface area contributed by atoms with E-state index in [4.69, 9.17) is 0 Å². The van der Waals surface area contributed by atoms with Crippen LogP contribution in [0.1, 0.15) is 51.4 Å². The average Bonchev–Trinajstić information content (AvgIpc) is 2.48. The predicted octanol–water partition coefficient (Wildman–Crippen LogP) is 2.12. The van der Waals surface area contributed by atoms with Gasteiger partial charge in [-0.05, 0) is 32.1 Å². The summed E-state index contributed by atoms with van der Waals surface area (Å²) >= 11 is 0. The Kier molecular flexibility index (Phi) is 3.36. The number of amides is 4. The van der Waals surface area contributed by atoms with Gasteiger partial charge in [-0.1, -0.05) is 31.4 Å². The fourth-order valence-corrected chi connectivity index (χ4v) is 3.64. The summed E-state index contributed by atoms with van der Waals surface area (Å²) < 4.78 is 0. The van der Waals surface area contributed by atoms with Gasteiger partial charge in [-0.15, -0.1) is 0 Å². The fourth-order valence-electron chi connectivity index (χ4n) is 3.64. The topological polar surface area (TPSA) is 66.5 Å². The fraction of sp³-hybridized carbons (Fsp3) is 0.667. The molecule has 1 spiro atoms. The quantitative estimate of drug-likeness (QED) is 0.589. The number of rotatable bonds is 1. The zero-order chi connectivity index (χ0) is 14.2. The minimum Gasteiger partial charge on any atom is -0.277 e. The number of carbonyl (C=O) groups is 3. The number of nitrogens with zero attached hydrogens (tertiary/aromatic N) is 1. The molecule has 108 valence electrons. The minimum absolute atomic E-state index is 0.0978. The van der Waals surface area contributed by atoms with Crippen molar-refractivity contribution in [1.29, 1.82) is 0 Å². The Balaban J connectivity index is 1.90. The second-order valence-electron chi connectivity index (χ2n) is 6.02. The first-order valence-corrected chi connectivity index (χ1v) is 7.49. The van der Waals surface area contributed by atoms with Crippen LogP contribution in [0.4, 0.5) is 4.79 Å². The standard InChI is InChI=1S/C15H20N2O3/c18-12-15(9-5-2-6-10-15)13(19)17(14(20)16-12)11-7-3-1-4-8-11/h1,3,11H,2,4-10H2,(H,16,18,20). The Morgan fingerprint density at radius 2 is 1.85 bits per heavy atom. The van der Waals surface area contributed by atoms with Crippen molar-refractivity contribution in [2.45, 2.75) is 57.4 Å². The molecule has 0 radical (unpaired) electrons. The van der Waals surface area contributed by atoms with Crippen molar-refractivity contribution in [2.75, 3.05) is 0 Å². The molecule has 4 amide bonds. The third-order valence-corrected chi connectivity index (χ3v) is 4.82. The van der Waals surface area contributed by atoms with Crippen LogP contribution in [0, 0.1) is 5.41 Å². The summed E-state index contributed by atoms with van der Waals surface area (Å²) in [5.41, 5.74) is -0.979. The Morgan fingerprint density at radius 1 is 1.10 bits per heavy atom. The summed E-state index contributed by atoms with van der Waals surface area (Å²) in [6, 6.07) is -0.629. The summed E-state index contributed by atoms with van der Waals surface area (Å²) in [6.45, 7) is 0. The third kappa shape index (κ3) is 1.96. The second-order valence-corrected chi connectivity index (χ2v) is 6.02. The van der Waals surface area contributed by atoms with E-state index in [2.05, 4.69) is 11.4 Å². The summed E-state index contributed by atoms with van der Waals surface area (Å²) in [6.07, 6.45) is 10.4. The van der Waals surface area contributed by atoms with Crippen LogP contribution in [0.25, 0.3) is 0 Å². The molecule has 0 bridgehead atoms. The number of hydrogen-bond donors (Lipinski definition) is 1. The number of barbiturate groups is 1. The molecule has 1 unspecified atom stereocenters. The highest BCUT2D eigenvalue weighted by atomic mass is 16.2. The number of nitrogens with one attached hydrogen (secondary N) is 1. The van der Waals surface area contributed by atoms with Crippen LogP contribution < -0.4 is 5.32 Å². The maximum absolute atomic E-state index is 12.8. The number of imide groups is 2. The van der Waals surface area contributed by atoms with Crippen molar-refractivity contribution in [3.05, 3.63) is 12.2 Å². The van der Waals surface area contributed by atoms with Crippen LogP contribution in [0.5, 0.6) is 0 Å². The van der Waals surface area contributed by atoms with E-state index < -0.39 is 11.4 Å². The van der Waals surface area contributed by atoms with Crippen molar-refractivity contribution in [1.82, 2.24) is 10.2 Å². The highest BCUT2D eigenvalue weighted by Crippen LogP contribution is 2.41. The molecule has 1 saturated heterocycles. The molecule has 1 saturated carbocycles. The Labute approximate surface area is 118 Å². The maximum atomic E-state index is 12.8. The van der Waals surface area contributed by atoms with Crippen LogP contribution in [-0.4, -0.2) is 28.8 Å². The molecule has 1 aliphatic heterocycles. The molecule has 0 aromatic heterocycles. The smallest absolute Gasteiger partial charge is 0.277 e. The monoisotopic (exact) mass is 276 g/mol. The van der Waals surface area contributed by atoms with E-state index in [-0.39, 0.29) is 17.9 Å². The molecular weight excluding hydrogens is 256 g/mol. The van der Waals surface area contributed by atoms with Gasteiger partial charge >= 0.3 is 6.03 Å². The number of carbonyl (C=O) groups excluding carboxylic acids is 3. The molecular formula is C15H20N2O3. The van der Waals surface area contributed by atoms with Gasteiger partial charge in [-0.25, -0.2) is 4.79 Å². The van der Waals surface area contributed by atoms with E-state index in [9.17, 15) is 14.4 Å². The van der Waals surface area contributed by atoms with Crippen LogP contribution >= 0.6 is 0 Å². The van der Waals surface area contributed by atoms with Gasteiger partial charge in [0.1, 0.15) is 5.41 Å². The van der Waals surface area contributed by atoms with Crippen LogP contribution in [0.3, 0.4) is 0 Å². The van der Waals surface area contributed by atoms with Gasteiger partial charge in [0.2, 0.25) is 11.8 Å². The largest absolute Gasteiger partial charge is 0.331 e. The summed E-state index contributed by atoms with van der Waals surface area (Å²) in [5.74, 6) is -0.638. The number of hydrogen-bond acceptors (Lipinski definition) is 3. The van der Waals surface area contributed by atoms with Gasteiger partial charge in [0.05, 0.1) is 0 Å². The predicted molar refractivity (Wildman–Crippen MR) is 72.7 cm³/mol. The Hall–Kier alpha value is -1.65. The van der Waals surface area contributed by atoms with Crippen molar-refractivity contribution in [3.8, 4) is 0 Å². The first-order chi connectivity index (χ1) is 9.65. The van der Waals surface area contributed by atoms with Crippen LogP contribution in [0.2, 0.25) is 0 Å². The average molecular weight is 276 g/mol. The maximum Gasteiger partial charge on any atom is 0.331 e. The van der Waals surface area contributed by atoms with E-state index in [0.717, 1.165) is 32.1 Å². The highest BCUT2D eigenvalue weighted by molar-refractivity contribution is 6.19. The van der Waals surface area contributed by atoms with E-state index in [1.54, 1.807) is 0 Å². The lowest BCUT2D eigenvalue weighted by Crippen LogP contribution is -2.66. The van der Waals surface area contributed by atoms with Crippen molar-refractivity contribution >= 4 is 17.8 Å². The molecule has 2 aliphatic carbocycles. The van der Waals surface area contributed by atoms with Gasteiger partial charge in [-0.3, -0.25) is 19.8 Å². The van der Waals surface area contributed by atoms with E-state index in [0.29, 0.717) is 19.3 Å². The van der Waals surface area contributed by atoms with Gasteiger partial charge in [-0.2, -0.15) is 0 Å². The van der Waals surface area contributed by atoms with Gasteiger partial charge in [0.15, 0.2) is 0 Å². The Morgan fingerprint density at radius 3 is 2.50 bits per heavy atom. The molecule has 5 heteroatoms. The minimum atomic E-state index is -0.979. The lowest BCUT2D eigenvalue weighted by atomic mass is 9.71. The lowest BCUT2D eigenvalue weighted by molar-refractivity contribution is -0.155. The van der Waals surface area contributed by atoms with E-state index in [1.165, 1.54) is 4.90 Å². The summed E-state index contributed by atoms with van der Waals surface area (Å²) in [5, 5.41) is 2.42. The third-order valence-electron chi connectivity index (χ3n) is 4.82. The first-order valence-electron chi connectivity index (χ1n) is 7.49. The first kappa shape index (κ1) is 13.3. The van der Waals surface area contributed by atoms with Gasteiger partial charge in [0.25, 0.3) is 0 Å². The normalized spacial score (nSPS) is 29.7. The van der Waals surface area contributed by atoms with E-state index >= 15 is 0 Å². The van der Waals surface area contributed by atoms with Crippen molar-refractivity contribution < 1.29 is 14.4 Å². The van der Waals surface area contributed by atoms with Gasteiger partial charge in [0, 0.05) is 6.04 Å². The van der Waals surface area contributed by atoms with Crippen LogP contribution in [-0.2, 0) is 9.59 Å². The zero-order valence-electron chi connectivity index (χ0n) is 11.6. The molecule has 3 aliphatic rings. The molecule has 0 aromatic carbocycles. The molecule has 20 heavy (non-hydrogen) atoms. The molecule has 1 heterocycles. The number of urea groups is 1. The summed E-state index contributed by atoms with van der Waals surface area (Å²) in [4.78, 5) is 38.5. The highest BCUT2D eigenvalue weighted by Gasteiger charge is 2.55. The van der Waals surface area contributed by atoms with Crippen molar-refractivity contribution in [3.63, 3.8) is 0 Å². The second kappa shape index (κ2) is 5.04. The molecule has 2 fully saturated rings. The Bertz CT molecular complexity index is 478. The SMILES string of the molecule is O=C1NC(=O)C2(CCCCC2)C(=O)N1C1CC=CCC1. The molecule has 1 atom stereocenters. The zero-order valence-corrected chi connectivity index (χ0v) is 11.6. The van der Waals surface area contributed by atoms with E-state index in [1.807, 2.05) is 6.08 Å². The lowest BCUT2D eigenvalue weighted by Gasteiger charge is -2.44. The summed E-state index contributed by atoms with van der Waals surface area (Å²) in [7, 11) is 0. The molecule has 0 aromatic rings. The number of allylic oxidation sites excluding steroid dienone is 1. The van der Waals surface area contributed by atoms with Crippen molar-refractivity contribution in [2.24, 2.45) is 5.41 Å². The molecule has 5 nitrogen and oxygen atoms in total.